The number of likely N-dealkylation sites (tertiary alicyclic amines) is 1. The lowest BCUT2D eigenvalue weighted by atomic mass is 9.96. The van der Waals surface area contributed by atoms with E-state index in [1.807, 2.05) is 7.05 Å². The van der Waals surface area contributed by atoms with E-state index >= 15 is 0 Å². The van der Waals surface area contributed by atoms with Crippen molar-refractivity contribution in [2.75, 3.05) is 19.6 Å². The second-order valence-electron chi connectivity index (χ2n) is 4.42. The second kappa shape index (κ2) is 4.75. The monoisotopic (exact) mass is 208 g/mol. The summed E-state index contributed by atoms with van der Waals surface area (Å²) in [5, 5.41) is 8.16. The van der Waals surface area contributed by atoms with Crippen molar-refractivity contribution < 1.29 is 0 Å². The van der Waals surface area contributed by atoms with Gasteiger partial charge in [0.1, 0.15) is 12.2 Å². The molecular weight excluding hydrogens is 188 g/mol. The molecule has 4 nitrogen and oxygen atoms in total. The van der Waals surface area contributed by atoms with E-state index in [1.54, 1.807) is 6.33 Å². The Morgan fingerprint density at radius 3 is 2.67 bits per heavy atom. The third-order valence-electron chi connectivity index (χ3n) is 3.24. The molecule has 0 N–H and O–H groups in total. The molecule has 2 rings (SSSR count). The quantitative estimate of drug-likeness (QED) is 0.753. The molecule has 0 amide bonds. The lowest BCUT2D eigenvalue weighted by Gasteiger charge is -2.30. The summed E-state index contributed by atoms with van der Waals surface area (Å²) in [7, 11) is 2.04. The molecule has 1 aliphatic rings. The number of hydrogen-bond donors (Lipinski definition) is 0. The lowest BCUT2D eigenvalue weighted by Crippen LogP contribution is -2.34. The predicted octanol–water partition coefficient (Wildman–Crippen LogP) is 1.40. The van der Waals surface area contributed by atoms with Gasteiger partial charge in [-0.25, -0.2) is 0 Å². The molecule has 1 aromatic heterocycles. The van der Waals surface area contributed by atoms with Crippen LogP contribution in [0.2, 0.25) is 0 Å². The van der Waals surface area contributed by atoms with Crippen molar-refractivity contribution >= 4 is 0 Å². The molecule has 2 heterocycles. The molecule has 4 heteroatoms. The van der Waals surface area contributed by atoms with E-state index in [0.29, 0.717) is 5.92 Å². The van der Waals surface area contributed by atoms with E-state index in [0.717, 1.165) is 5.82 Å². The summed E-state index contributed by atoms with van der Waals surface area (Å²) in [4.78, 5) is 2.55. The van der Waals surface area contributed by atoms with Gasteiger partial charge in [0.25, 0.3) is 0 Å². The number of piperidine rings is 1. The van der Waals surface area contributed by atoms with E-state index < -0.39 is 0 Å². The Hall–Kier alpha value is -0.900. The SMILES string of the molecule is CCCN1CCC(c2nncn2C)CC1. The van der Waals surface area contributed by atoms with Crippen LogP contribution in [0.25, 0.3) is 0 Å². The molecule has 0 aliphatic carbocycles. The molecule has 0 atom stereocenters. The largest absolute Gasteiger partial charge is 0.320 e. The molecule has 0 aromatic carbocycles. The third kappa shape index (κ3) is 2.37. The second-order valence-corrected chi connectivity index (χ2v) is 4.42. The van der Waals surface area contributed by atoms with Gasteiger partial charge in [-0.05, 0) is 38.9 Å². The number of aromatic nitrogens is 3. The predicted molar refractivity (Wildman–Crippen MR) is 59.7 cm³/mol. The van der Waals surface area contributed by atoms with Crippen LogP contribution in [0.4, 0.5) is 0 Å². The van der Waals surface area contributed by atoms with Gasteiger partial charge in [-0.1, -0.05) is 6.92 Å². The molecule has 15 heavy (non-hydrogen) atoms. The summed E-state index contributed by atoms with van der Waals surface area (Å²) in [6, 6.07) is 0. The van der Waals surface area contributed by atoms with Crippen LogP contribution in [0.3, 0.4) is 0 Å². The average Bonchev–Trinajstić information content (AvgIpc) is 2.66. The minimum Gasteiger partial charge on any atom is -0.320 e. The van der Waals surface area contributed by atoms with Gasteiger partial charge in [-0.3, -0.25) is 0 Å². The Bertz CT molecular complexity index is 299. The smallest absolute Gasteiger partial charge is 0.135 e. The zero-order valence-corrected chi connectivity index (χ0v) is 9.69. The molecule has 1 aromatic rings. The van der Waals surface area contributed by atoms with Crippen LogP contribution in [0, 0.1) is 0 Å². The number of rotatable bonds is 3. The van der Waals surface area contributed by atoms with Gasteiger partial charge in [0.15, 0.2) is 0 Å². The number of aryl methyl sites for hydroxylation is 1. The third-order valence-corrected chi connectivity index (χ3v) is 3.24. The van der Waals surface area contributed by atoms with Gasteiger partial charge < -0.3 is 9.47 Å². The Labute approximate surface area is 91.3 Å². The van der Waals surface area contributed by atoms with Crippen molar-refractivity contribution in [3.63, 3.8) is 0 Å². The Morgan fingerprint density at radius 2 is 2.13 bits per heavy atom. The van der Waals surface area contributed by atoms with Crippen molar-refractivity contribution in [2.24, 2.45) is 7.05 Å². The number of nitrogens with zero attached hydrogens (tertiary/aromatic N) is 4. The van der Waals surface area contributed by atoms with E-state index in [1.165, 1.54) is 38.9 Å². The molecule has 0 saturated carbocycles. The number of hydrogen-bond acceptors (Lipinski definition) is 3. The molecule has 1 aliphatic heterocycles. The summed E-state index contributed by atoms with van der Waals surface area (Å²) in [5.74, 6) is 1.77. The van der Waals surface area contributed by atoms with Crippen LogP contribution in [0.15, 0.2) is 6.33 Å². The lowest BCUT2D eigenvalue weighted by molar-refractivity contribution is 0.208. The van der Waals surface area contributed by atoms with E-state index in [4.69, 9.17) is 0 Å². The maximum atomic E-state index is 4.20. The summed E-state index contributed by atoms with van der Waals surface area (Å²) >= 11 is 0. The first-order valence-electron chi connectivity index (χ1n) is 5.87. The highest BCUT2D eigenvalue weighted by Crippen LogP contribution is 2.25. The van der Waals surface area contributed by atoms with E-state index in [-0.39, 0.29) is 0 Å². The first-order chi connectivity index (χ1) is 7.31. The maximum absolute atomic E-state index is 4.20. The Balaban J connectivity index is 1.91. The fourth-order valence-corrected chi connectivity index (χ4v) is 2.39. The highest BCUT2D eigenvalue weighted by atomic mass is 15.3. The standard InChI is InChI=1S/C11H20N4/c1-3-6-15-7-4-10(5-8-15)11-13-12-9-14(11)2/h9-10H,3-8H2,1-2H3. The Morgan fingerprint density at radius 1 is 1.40 bits per heavy atom. The van der Waals surface area contributed by atoms with E-state index in [9.17, 15) is 0 Å². The average molecular weight is 208 g/mol. The summed E-state index contributed by atoms with van der Waals surface area (Å²) in [6.45, 7) is 5.91. The summed E-state index contributed by atoms with van der Waals surface area (Å²) in [6.07, 6.45) is 5.52. The van der Waals surface area contributed by atoms with Gasteiger partial charge in [-0.2, -0.15) is 0 Å². The van der Waals surface area contributed by atoms with Crippen molar-refractivity contribution in [2.45, 2.75) is 32.1 Å². The van der Waals surface area contributed by atoms with E-state index in [2.05, 4.69) is 26.6 Å². The summed E-state index contributed by atoms with van der Waals surface area (Å²) < 4.78 is 2.06. The fourth-order valence-electron chi connectivity index (χ4n) is 2.39. The molecular formula is C11H20N4. The van der Waals surface area contributed by atoms with Crippen LogP contribution in [0.1, 0.15) is 37.9 Å². The van der Waals surface area contributed by atoms with Crippen LogP contribution >= 0.6 is 0 Å². The van der Waals surface area contributed by atoms with Gasteiger partial charge in [0.05, 0.1) is 0 Å². The van der Waals surface area contributed by atoms with Gasteiger partial charge in [-0.15, -0.1) is 10.2 Å². The first-order valence-corrected chi connectivity index (χ1v) is 5.87. The highest BCUT2D eigenvalue weighted by Gasteiger charge is 2.22. The zero-order valence-electron chi connectivity index (χ0n) is 9.69. The van der Waals surface area contributed by atoms with Gasteiger partial charge in [0.2, 0.25) is 0 Å². The minimum absolute atomic E-state index is 0.616. The van der Waals surface area contributed by atoms with Crippen LogP contribution in [0.5, 0.6) is 0 Å². The summed E-state index contributed by atoms with van der Waals surface area (Å²) in [5.41, 5.74) is 0. The molecule has 0 unspecified atom stereocenters. The molecule has 84 valence electrons. The molecule has 1 fully saturated rings. The molecule has 1 saturated heterocycles. The normalized spacial score (nSPS) is 19.6. The van der Waals surface area contributed by atoms with Crippen LogP contribution in [-0.4, -0.2) is 39.3 Å². The van der Waals surface area contributed by atoms with Crippen LogP contribution in [-0.2, 0) is 7.05 Å². The first kappa shape index (κ1) is 10.6. The van der Waals surface area contributed by atoms with Crippen LogP contribution < -0.4 is 0 Å². The topological polar surface area (TPSA) is 34.0 Å². The van der Waals surface area contributed by atoms with Crippen molar-refractivity contribution in [1.29, 1.82) is 0 Å². The Kier molecular flexibility index (Phi) is 3.36. The van der Waals surface area contributed by atoms with Gasteiger partial charge >= 0.3 is 0 Å². The van der Waals surface area contributed by atoms with Gasteiger partial charge in [0, 0.05) is 13.0 Å². The fraction of sp³-hybridized carbons (Fsp3) is 0.818. The van der Waals surface area contributed by atoms with Crippen molar-refractivity contribution in [3.8, 4) is 0 Å². The maximum Gasteiger partial charge on any atom is 0.135 e. The molecule has 0 bridgehead atoms. The highest BCUT2D eigenvalue weighted by molar-refractivity contribution is 4.98. The molecule has 0 radical (unpaired) electrons. The van der Waals surface area contributed by atoms with Crippen molar-refractivity contribution in [1.82, 2.24) is 19.7 Å². The zero-order chi connectivity index (χ0) is 10.7. The van der Waals surface area contributed by atoms with Crippen molar-refractivity contribution in [3.05, 3.63) is 12.2 Å². The minimum atomic E-state index is 0.616. The molecule has 0 spiro atoms.